The molecule has 0 amide bonds. The maximum Gasteiger partial charge on any atom is 0.523 e. The standard InChI is InChI=1S/C15H16F3NO4S2/c1-2-13-10-19-14(24-13)11-4-6-12(7-5-11)22-8-3-9-23-25(20,21)15(16,17)18/h4-7,10H,2-3,8-9H2,1H3. The van der Waals surface area contributed by atoms with Gasteiger partial charge in [-0.05, 0) is 30.7 Å². The Balaban J connectivity index is 1.78. The van der Waals surface area contributed by atoms with E-state index in [0.717, 1.165) is 17.0 Å². The molecule has 10 heteroatoms. The molecule has 5 nitrogen and oxygen atoms in total. The van der Waals surface area contributed by atoms with E-state index in [4.69, 9.17) is 4.74 Å². The average Bonchev–Trinajstić information content (AvgIpc) is 3.03. The highest BCUT2D eigenvalue weighted by atomic mass is 32.2. The lowest BCUT2D eigenvalue weighted by Crippen LogP contribution is -2.26. The van der Waals surface area contributed by atoms with Crippen LogP contribution in [0, 0.1) is 0 Å². The molecule has 1 aromatic heterocycles. The van der Waals surface area contributed by atoms with E-state index in [0.29, 0.717) is 5.75 Å². The second kappa shape index (κ2) is 8.15. The Morgan fingerprint density at radius 1 is 1.16 bits per heavy atom. The van der Waals surface area contributed by atoms with E-state index in [1.807, 2.05) is 18.3 Å². The maximum atomic E-state index is 12.1. The van der Waals surface area contributed by atoms with Crippen LogP contribution in [0.3, 0.4) is 0 Å². The number of aromatic nitrogens is 1. The molecule has 0 atom stereocenters. The Bertz CT molecular complexity index is 786. The van der Waals surface area contributed by atoms with Gasteiger partial charge in [-0.25, -0.2) is 4.98 Å². The van der Waals surface area contributed by atoms with Gasteiger partial charge in [0.05, 0.1) is 13.2 Å². The first-order valence-corrected chi connectivity index (χ1v) is 9.59. The minimum Gasteiger partial charge on any atom is -0.494 e. The lowest BCUT2D eigenvalue weighted by atomic mass is 10.2. The molecule has 0 saturated heterocycles. The summed E-state index contributed by atoms with van der Waals surface area (Å²) in [5, 5.41) is 0.897. The first kappa shape index (κ1) is 19.7. The molecule has 1 heterocycles. The summed E-state index contributed by atoms with van der Waals surface area (Å²) < 4.78 is 66.8. The predicted molar refractivity (Wildman–Crippen MR) is 88.0 cm³/mol. The largest absolute Gasteiger partial charge is 0.523 e. The normalized spacial score (nSPS) is 12.3. The van der Waals surface area contributed by atoms with Gasteiger partial charge in [0.1, 0.15) is 10.8 Å². The maximum absolute atomic E-state index is 12.1. The number of hydrogen-bond donors (Lipinski definition) is 0. The topological polar surface area (TPSA) is 65.5 Å². The molecule has 0 aliphatic heterocycles. The van der Waals surface area contributed by atoms with Crippen LogP contribution in [-0.4, -0.2) is 32.1 Å². The summed E-state index contributed by atoms with van der Waals surface area (Å²) in [6, 6.07) is 7.10. The zero-order valence-electron chi connectivity index (χ0n) is 13.2. The molecule has 138 valence electrons. The van der Waals surface area contributed by atoms with E-state index in [-0.39, 0.29) is 13.0 Å². The molecule has 25 heavy (non-hydrogen) atoms. The summed E-state index contributed by atoms with van der Waals surface area (Å²) in [5.41, 5.74) is -4.46. The minimum atomic E-state index is -5.54. The summed E-state index contributed by atoms with van der Waals surface area (Å²) in [6.07, 6.45) is 2.76. The van der Waals surface area contributed by atoms with E-state index >= 15 is 0 Å². The molecule has 2 rings (SSSR count). The van der Waals surface area contributed by atoms with Gasteiger partial charge in [-0.1, -0.05) is 6.92 Å². The lowest BCUT2D eigenvalue weighted by Gasteiger charge is -2.09. The van der Waals surface area contributed by atoms with Crippen molar-refractivity contribution in [3.8, 4) is 16.3 Å². The Morgan fingerprint density at radius 2 is 1.84 bits per heavy atom. The van der Waals surface area contributed by atoms with E-state index in [2.05, 4.69) is 16.1 Å². The monoisotopic (exact) mass is 395 g/mol. The molecule has 0 aliphatic carbocycles. The van der Waals surface area contributed by atoms with Gasteiger partial charge in [0, 0.05) is 23.1 Å². The highest BCUT2D eigenvalue weighted by Crippen LogP contribution is 2.27. The van der Waals surface area contributed by atoms with E-state index in [9.17, 15) is 21.6 Å². The van der Waals surface area contributed by atoms with Crippen molar-refractivity contribution in [3.05, 3.63) is 35.3 Å². The van der Waals surface area contributed by atoms with Gasteiger partial charge >= 0.3 is 15.6 Å². The molecular weight excluding hydrogens is 379 g/mol. The van der Waals surface area contributed by atoms with E-state index in [1.54, 1.807) is 23.5 Å². The number of aryl methyl sites for hydroxylation is 1. The van der Waals surface area contributed by atoms with Crippen LogP contribution in [0.1, 0.15) is 18.2 Å². The third-order valence-electron chi connectivity index (χ3n) is 3.08. The van der Waals surface area contributed by atoms with Crippen molar-refractivity contribution in [2.24, 2.45) is 0 Å². The summed E-state index contributed by atoms with van der Waals surface area (Å²) in [6.45, 7) is 1.49. The molecule has 0 N–H and O–H groups in total. The number of hydrogen-bond acceptors (Lipinski definition) is 6. The molecule has 1 aromatic carbocycles. The van der Waals surface area contributed by atoms with Gasteiger partial charge in [-0.15, -0.1) is 11.3 Å². The zero-order valence-corrected chi connectivity index (χ0v) is 14.9. The minimum absolute atomic E-state index is 0.00337. The van der Waals surface area contributed by atoms with Crippen LogP contribution in [0.4, 0.5) is 13.2 Å². The third kappa shape index (κ3) is 5.41. The molecule has 0 bridgehead atoms. The van der Waals surface area contributed by atoms with Gasteiger partial charge in [0.2, 0.25) is 0 Å². The summed E-state index contributed by atoms with van der Waals surface area (Å²) >= 11 is 1.60. The highest BCUT2D eigenvalue weighted by molar-refractivity contribution is 7.87. The molecular formula is C15H16F3NO4S2. The van der Waals surface area contributed by atoms with Crippen LogP contribution in [0.5, 0.6) is 5.75 Å². The molecule has 0 unspecified atom stereocenters. The number of benzene rings is 1. The van der Waals surface area contributed by atoms with E-state index < -0.39 is 22.2 Å². The second-order valence-corrected chi connectivity index (χ2v) is 7.66. The smallest absolute Gasteiger partial charge is 0.494 e. The third-order valence-corrected chi connectivity index (χ3v) is 5.32. The molecule has 0 radical (unpaired) electrons. The Labute approximate surface area is 147 Å². The number of ether oxygens (including phenoxy) is 1. The van der Waals surface area contributed by atoms with Gasteiger partial charge < -0.3 is 4.74 Å². The van der Waals surface area contributed by atoms with E-state index in [1.165, 1.54) is 4.88 Å². The van der Waals surface area contributed by atoms with Crippen LogP contribution >= 0.6 is 11.3 Å². The predicted octanol–water partition coefficient (Wildman–Crippen LogP) is 4.01. The van der Waals surface area contributed by atoms with Crippen molar-refractivity contribution in [1.82, 2.24) is 4.98 Å². The number of alkyl halides is 3. The SMILES string of the molecule is CCc1cnc(-c2ccc(OCCCOS(=O)(=O)C(F)(F)F)cc2)s1. The van der Waals surface area contributed by atoms with Crippen molar-refractivity contribution >= 4 is 21.5 Å². The number of rotatable bonds is 8. The number of halogens is 3. The van der Waals surface area contributed by atoms with Crippen LogP contribution in [0.25, 0.3) is 10.6 Å². The van der Waals surface area contributed by atoms with Crippen molar-refractivity contribution in [3.63, 3.8) is 0 Å². The molecule has 0 fully saturated rings. The number of thiazole rings is 1. The zero-order chi connectivity index (χ0) is 18.5. The average molecular weight is 395 g/mol. The quantitative estimate of drug-likeness (QED) is 0.384. The fraction of sp³-hybridized carbons (Fsp3) is 0.400. The first-order valence-electron chi connectivity index (χ1n) is 7.36. The van der Waals surface area contributed by atoms with Crippen LogP contribution < -0.4 is 4.74 Å². The van der Waals surface area contributed by atoms with Crippen molar-refractivity contribution < 1.29 is 30.5 Å². The highest BCUT2D eigenvalue weighted by Gasteiger charge is 2.47. The summed E-state index contributed by atoms with van der Waals surface area (Å²) in [5.74, 6) is 0.523. The van der Waals surface area contributed by atoms with Crippen molar-refractivity contribution in [2.45, 2.75) is 25.3 Å². The van der Waals surface area contributed by atoms with Gasteiger partial charge in [0.15, 0.2) is 0 Å². The molecule has 0 aliphatic rings. The Morgan fingerprint density at radius 3 is 2.40 bits per heavy atom. The van der Waals surface area contributed by atoms with Crippen molar-refractivity contribution in [1.29, 1.82) is 0 Å². The molecule has 0 spiro atoms. The molecule has 0 saturated carbocycles. The Kier molecular flexibility index (Phi) is 6.42. The van der Waals surface area contributed by atoms with Gasteiger partial charge in [-0.2, -0.15) is 21.6 Å². The van der Waals surface area contributed by atoms with Gasteiger partial charge in [0.25, 0.3) is 0 Å². The fourth-order valence-corrected chi connectivity index (χ4v) is 3.11. The second-order valence-electron chi connectivity index (χ2n) is 4.93. The first-order chi connectivity index (χ1) is 11.7. The van der Waals surface area contributed by atoms with Crippen LogP contribution in [0.2, 0.25) is 0 Å². The van der Waals surface area contributed by atoms with Crippen LogP contribution in [0.15, 0.2) is 30.5 Å². The molecule has 2 aromatic rings. The Hall–Kier alpha value is -1.65. The van der Waals surface area contributed by atoms with Gasteiger partial charge in [-0.3, -0.25) is 4.18 Å². The van der Waals surface area contributed by atoms with Crippen molar-refractivity contribution in [2.75, 3.05) is 13.2 Å². The fourth-order valence-electron chi connectivity index (χ4n) is 1.78. The number of nitrogens with zero attached hydrogens (tertiary/aromatic N) is 1. The summed E-state index contributed by atoms with van der Waals surface area (Å²) in [4.78, 5) is 5.51. The summed E-state index contributed by atoms with van der Waals surface area (Å²) in [7, 11) is -5.54. The lowest BCUT2D eigenvalue weighted by molar-refractivity contribution is -0.0544. The van der Waals surface area contributed by atoms with Crippen LogP contribution in [-0.2, 0) is 20.7 Å².